The first-order valence-electron chi connectivity index (χ1n) is 1.88. The summed E-state index contributed by atoms with van der Waals surface area (Å²) in [5.41, 5.74) is 0. The maximum absolute atomic E-state index is 4.94. The summed E-state index contributed by atoms with van der Waals surface area (Å²) in [6, 6.07) is 0. The number of hydrazine groups is 1. The zero-order valence-electron chi connectivity index (χ0n) is 4.06. The Bertz CT molecular complexity index is 30.0. The number of hydrogen-bond donors (Lipinski definition) is 2. The van der Waals surface area contributed by atoms with E-state index in [0.29, 0.717) is 5.25 Å². The van der Waals surface area contributed by atoms with Gasteiger partial charge in [0.1, 0.15) is 0 Å². The van der Waals surface area contributed by atoms with Crippen molar-refractivity contribution >= 4 is 11.9 Å². The molecule has 0 aromatic carbocycles. The summed E-state index contributed by atoms with van der Waals surface area (Å²) in [4.78, 5) is 2.48. The fourth-order valence-electron chi connectivity index (χ4n) is 0.136. The van der Waals surface area contributed by atoms with E-state index >= 15 is 0 Å². The lowest BCUT2D eigenvalue weighted by Crippen LogP contribution is -2.14. The minimum absolute atomic E-state index is 0.579. The predicted molar refractivity (Wildman–Crippen MR) is 30.1 cm³/mol. The van der Waals surface area contributed by atoms with Crippen molar-refractivity contribution < 1.29 is 0 Å². The minimum Gasteiger partial charge on any atom is -0.262 e. The average molecular weight is 106 g/mol. The van der Waals surface area contributed by atoms with Crippen LogP contribution < -0.4 is 10.7 Å². The Balaban J connectivity index is 2.63. The molecule has 38 valence electrons. The van der Waals surface area contributed by atoms with Gasteiger partial charge in [0.2, 0.25) is 0 Å². The lowest BCUT2D eigenvalue weighted by molar-refractivity contribution is 1.05. The lowest BCUT2D eigenvalue weighted by atomic mass is 10.6. The molecule has 0 saturated heterocycles. The van der Waals surface area contributed by atoms with Gasteiger partial charge in [-0.25, -0.2) is 4.83 Å². The number of nitrogens with one attached hydrogen (secondary N) is 1. The van der Waals surface area contributed by atoms with Gasteiger partial charge in [0, 0.05) is 5.25 Å². The molecule has 6 heavy (non-hydrogen) atoms. The van der Waals surface area contributed by atoms with E-state index in [9.17, 15) is 0 Å². The Hall–Kier alpha value is 0.270. The van der Waals surface area contributed by atoms with Gasteiger partial charge in [0.05, 0.1) is 0 Å². The van der Waals surface area contributed by atoms with Crippen molar-refractivity contribution in [3.8, 4) is 0 Å². The van der Waals surface area contributed by atoms with E-state index in [1.165, 1.54) is 11.9 Å². The van der Waals surface area contributed by atoms with E-state index in [1.807, 2.05) is 0 Å². The summed E-state index contributed by atoms with van der Waals surface area (Å²) in [6.45, 7) is 4.15. The summed E-state index contributed by atoms with van der Waals surface area (Å²) < 4.78 is 0. The van der Waals surface area contributed by atoms with E-state index in [0.717, 1.165) is 0 Å². The Kier molecular flexibility index (Phi) is 3.62. The highest BCUT2D eigenvalue weighted by molar-refractivity contribution is 7.97. The molecule has 0 rings (SSSR count). The van der Waals surface area contributed by atoms with Crippen LogP contribution in [0.4, 0.5) is 0 Å². The van der Waals surface area contributed by atoms with Crippen LogP contribution in [-0.2, 0) is 0 Å². The summed E-state index contributed by atoms with van der Waals surface area (Å²) in [7, 11) is 0. The third-order valence-electron chi connectivity index (χ3n) is 0.304. The third kappa shape index (κ3) is 4.27. The van der Waals surface area contributed by atoms with Crippen LogP contribution in [0, 0.1) is 0 Å². The van der Waals surface area contributed by atoms with Crippen molar-refractivity contribution in [2.24, 2.45) is 5.84 Å². The highest BCUT2D eigenvalue weighted by Gasteiger charge is 1.85. The number of hydrogen-bond acceptors (Lipinski definition) is 3. The Morgan fingerprint density at radius 3 is 2.17 bits per heavy atom. The zero-order chi connectivity index (χ0) is 4.99. The maximum atomic E-state index is 4.94. The molecule has 0 saturated carbocycles. The zero-order valence-corrected chi connectivity index (χ0v) is 4.88. The highest BCUT2D eigenvalue weighted by Crippen LogP contribution is 1.98. The van der Waals surface area contributed by atoms with E-state index in [2.05, 4.69) is 18.7 Å². The van der Waals surface area contributed by atoms with Gasteiger partial charge in [-0.05, 0) is 0 Å². The predicted octanol–water partition coefficient (Wildman–Crippen LogP) is 0.506. The molecule has 0 aliphatic heterocycles. The summed E-state index contributed by atoms with van der Waals surface area (Å²) >= 11 is 1.51. The second kappa shape index (κ2) is 3.46. The van der Waals surface area contributed by atoms with Crippen LogP contribution in [-0.4, -0.2) is 5.25 Å². The largest absolute Gasteiger partial charge is 0.262 e. The monoisotopic (exact) mass is 106 g/mol. The van der Waals surface area contributed by atoms with Crippen molar-refractivity contribution in [3.05, 3.63) is 0 Å². The summed E-state index contributed by atoms with van der Waals surface area (Å²) in [6.07, 6.45) is 0. The molecule has 0 aliphatic rings. The second-order valence-electron chi connectivity index (χ2n) is 1.28. The molecule has 0 aromatic rings. The Morgan fingerprint density at radius 1 is 1.67 bits per heavy atom. The molecule has 0 unspecified atom stereocenters. The summed E-state index contributed by atoms with van der Waals surface area (Å²) in [5.74, 6) is 4.94. The molecule has 0 radical (unpaired) electrons. The number of nitrogens with two attached hydrogens (primary N) is 1. The highest BCUT2D eigenvalue weighted by atomic mass is 32.2. The molecular formula is C3H10N2S. The van der Waals surface area contributed by atoms with Gasteiger partial charge in [0.15, 0.2) is 0 Å². The van der Waals surface area contributed by atoms with Crippen LogP contribution >= 0.6 is 11.9 Å². The molecule has 0 fully saturated rings. The Morgan fingerprint density at radius 2 is 2.17 bits per heavy atom. The van der Waals surface area contributed by atoms with Crippen molar-refractivity contribution in [2.75, 3.05) is 0 Å². The van der Waals surface area contributed by atoms with Crippen molar-refractivity contribution in [1.29, 1.82) is 0 Å². The van der Waals surface area contributed by atoms with Crippen LogP contribution in [0.3, 0.4) is 0 Å². The molecule has 2 nitrogen and oxygen atoms in total. The van der Waals surface area contributed by atoms with Crippen molar-refractivity contribution in [2.45, 2.75) is 19.1 Å². The standard InChI is InChI=1S/C3H10N2S/c1-3(2)6-5-4/h3,5H,4H2,1-2H3. The smallest absolute Gasteiger partial charge is 0.0148 e. The van der Waals surface area contributed by atoms with Gasteiger partial charge in [0.25, 0.3) is 0 Å². The first kappa shape index (κ1) is 6.27. The van der Waals surface area contributed by atoms with Gasteiger partial charge in [-0.15, -0.1) is 0 Å². The molecule has 0 aliphatic carbocycles. The number of rotatable bonds is 2. The second-order valence-corrected chi connectivity index (χ2v) is 2.70. The van der Waals surface area contributed by atoms with E-state index in [-0.39, 0.29) is 0 Å². The van der Waals surface area contributed by atoms with Gasteiger partial charge in [-0.1, -0.05) is 25.8 Å². The fourth-order valence-corrected chi connectivity index (χ4v) is 0.408. The quantitative estimate of drug-likeness (QED) is 0.306. The normalized spacial score (nSPS) is 10.0. The van der Waals surface area contributed by atoms with Crippen LogP contribution in [0.15, 0.2) is 0 Å². The SMILES string of the molecule is CC(C)SNN. The van der Waals surface area contributed by atoms with Gasteiger partial charge >= 0.3 is 0 Å². The van der Waals surface area contributed by atoms with Gasteiger partial charge in [-0.2, -0.15) is 0 Å². The van der Waals surface area contributed by atoms with Gasteiger partial charge in [-0.3, -0.25) is 5.84 Å². The molecular weight excluding hydrogens is 96.1 g/mol. The topological polar surface area (TPSA) is 38.0 Å². The van der Waals surface area contributed by atoms with Crippen LogP contribution in [0.2, 0.25) is 0 Å². The van der Waals surface area contributed by atoms with Crippen LogP contribution in [0.1, 0.15) is 13.8 Å². The van der Waals surface area contributed by atoms with Gasteiger partial charge < -0.3 is 0 Å². The fraction of sp³-hybridized carbons (Fsp3) is 1.00. The van der Waals surface area contributed by atoms with Crippen molar-refractivity contribution in [1.82, 2.24) is 4.83 Å². The van der Waals surface area contributed by atoms with Crippen molar-refractivity contribution in [3.63, 3.8) is 0 Å². The molecule has 3 heteroatoms. The first-order valence-corrected chi connectivity index (χ1v) is 2.76. The molecule has 0 bridgehead atoms. The molecule has 0 heterocycles. The molecule has 0 atom stereocenters. The molecule has 0 aromatic heterocycles. The molecule has 0 spiro atoms. The Labute approximate surface area is 42.6 Å². The van der Waals surface area contributed by atoms with E-state index in [4.69, 9.17) is 5.84 Å². The first-order chi connectivity index (χ1) is 2.77. The summed E-state index contributed by atoms with van der Waals surface area (Å²) in [5, 5.41) is 0.579. The third-order valence-corrected chi connectivity index (χ3v) is 0.911. The lowest BCUT2D eigenvalue weighted by Gasteiger charge is -1.97. The molecule has 0 amide bonds. The van der Waals surface area contributed by atoms with E-state index in [1.54, 1.807) is 0 Å². The maximum Gasteiger partial charge on any atom is 0.0148 e. The average Bonchev–Trinajstić information content (AvgIpc) is 1.35. The van der Waals surface area contributed by atoms with E-state index < -0.39 is 0 Å². The van der Waals surface area contributed by atoms with Crippen LogP contribution in [0.25, 0.3) is 0 Å². The minimum atomic E-state index is 0.579. The molecule has 3 N–H and O–H groups in total. The van der Waals surface area contributed by atoms with Crippen LogP contribution in [0.5, 0.6) is 0 Å².